The lowest BCUT2D eigenvalue weighted by molar-refractivity contribution is -0.118. The van der Waals surface area contributed by atoms with Crippen LogP contribution in [0.4, 0.5) is 5.69 Å². The summed E-state index contributed by atoms with van der Waals surface area (Å²) < 4.78 is 33.3. The van der Waals surface area contributed by atoms with E-state index in [-0.39, 0.29) is 16.7 Å². The lowest BCUT2D eigenvalue weighted by Crippen LogP contribution is -2.42. The van der Waals surface area contributed by atoms with Gasteiger partial charge in [-0.05, 0) is 55.0 Å². The third kappa shape index (κ3) is 4.23. The first-order valence-electron chi connectivity index (χ1n) is 10.5. The average molecular weight is 429 g/mol. The summed E-state index contributed by atoms with van der Waals surface area (Å²) in [5.74, 6) is 1.05. The molecule has 3 unspecified atom stereocenters. The van der Waals surface area contributed by atoms with Gasteiger partial charge in [0.15, 0.2) is 0 Å². The second kappa shape index (κ2) is 8.40. The molecule has 2 heterocycles. The molecule has 0 bridgehead atoms. The highest BCUT2D eigenvalue weighted by Gasteiger charge is 2.32. The van der Waals surface area contributed by atoms with Gasteiger partial charge in [0.05, 0.1) is 17.4 Å². The number of amides is 1. The maximum Gasteiger partial charge on any atom is 0.243 e. The zero-order valence-electron chi connectivity index (χ0n) is 17.4. The number of rotatable bonds is 4. The molecule has 3 atom stereocenters. The Bertz CT molecular complexity index is 1010. The quantitative estimate of drug-likeness (QED) is 0.802. The van der Waals surface area contributed by atoms with Crippen LogP contribution in [0.1, 0.15) is 38.2 Å². The molecular weight excluding hydrogens is 400 g/mol. The number of sulfonamides is 1. The summed E-state index contributed by atoms with van der Waals surface area (Å²) >= 11 is 0. The Morgan fingerprint density at radius 3 is 2.40 bits per heavy atom. The number of piperidine rings is 1. The van der Waals surface area contributed by atoms with E-state index in [1.807, 2.05) is 24.3 Å². The summed E-state index contributed by atoms with van der Waals surface area (Å²) in [4.78, 5) is 13.1. The molecule has 160 valence electrons. The van der Waals surface area contributed by atoms with Gasteiger partial charge in [-0.25, -0.2) is 8.42 Å². The van der Waals surface area contributed by atoms with Gasteiger partial charge in [-0.2, -0.15) is 4.31 Å². The van der Waals surface area contributed by atoms with Crippen LogP contribution in [-0.2, 0) is 14.8 Å². The van der Waals surface area contributed by atoms with Crippen molar-refractivity contribution in [2.75, 3.05) is 25.0 Å². The smallest absolute Gasteiger partial charge is 0.243 e. The fourth-order valence-corrected chi connectivity index (χ4v) is 6.18. The Labute approximate surface area is 178 Å². The van der Waals surface area contributed by atoms with Crippen molar-refractivity contribution in [2.45, 2.75) is 37.5 Å². The first-order valence-corrected chi connectivity index (χ1v) is 11.9. The Morgan fingerprint density at radius 2 is 1.70 bits per heavy atom. The molecule has 1 saturated heterocycles. The van der Waals surface area contributed by atoms with Crippen molar-refractivity contribution in [3.8, 4) is 5.75 Å². The predicted molar refractivity (Wildman–Crippen MR) is 116 cm³/mol. The molecule has 1 N–H and O–H groups in total. The number of fused-ring (bicyclic) bond motifs is 1. The van der Waals surface area contributed by atoms with E-state index >= 15 is 0 Å². The van der Waals surface area contributed by atoms with Gasteiger partial charge in [-0.3, -0.25) is 4.79 Å². The van der Waals surface area contributed by atoms with E-state index in [9.17, 15) is 13.2 Å². The second-order valence-electron chi connectivity index (χ2n) is 8.51. The van der Waals surface area contributed by atoms with Gasteiger partial charge in [0, 0.05) is 24.3 Å². The fourth-order valence-electron chi connectivity index (χ4n) is 4.51. The van der Waals surface area contributed by atoms with Gasteiger partial charge in [0.1, 0.15) is 5.75 Å². The molecule has 1 fully saturated rings. The Balaban J connectivity index is 1.47. The van der Waals surface area contributed by atoms with Crippen molar-refractivity contribution in [1.82, 2.24) is 4.31 Å². The molecule has 4 rings (SSSR count). The summed E-state index contributed by atoms with van der Waals surface area (Å²) in [5, 5.41) is 2.92. The maximum atomic E-state index is 13.0. The van der Waals surface area contributed by atoms with E-state index in [1.165, 1.54) is 0 Å². The highest BCUT2D eigenvalue weighted by Crippen LogP contribution is 2.34. The third-order valence-electron chi connectivity index (χ3n) is 5.87. The normalized spacial score (nSPS) is 24.5. The van der Waals surface area contributed by atoms with Crippen LogP contribution in [-0.4, -0.2) is 38.3 Å². The molecule has 7 heteroatoms. The van der Waals surface area contributed by atoms with Crippen LogP contribution in [0.5, 0.6) is 5.75 Å². The summed E-state index contributed by atoms with van der Waals surface area (Å²) in [7, 11) is -3.53. The maximum absolute atomic E-state index is 13.0. The van der Waals surface area contributed by atoms with E-state index in [2.05, 4.69) is 19.2 Å². The molecule has 0 aliphatic carbocycles. The molecule has 2 aromatic carbocycles. The van der Waals surface area contributed by atoms with Crippen LogP contribution in [0.15, 0.2) is 53.4 Å². The molecule has 0 saturated carbocycles. The lowest BCUT2D eigenvalue weighted by atomic mass is 9.92. The Hall–Kier alpha value is -2.38. The van der Waals surface area contributed by atoms with Gasteiger partial charge in [-0.1, -0.05) is 32.0 Å². The molecule has 0 spiro atoms. The zero-order valence-corrected chi connectivity index (χ0v) is 18.2. The number of nitrogens with zero attached hydrogens (tertiary/aromatic N) is 1. The van der Waals surface area contributed by atoms with Crippen LogP contribution >= 0.6 is 0 Å². The van der Waals surface area contributed by atoms with Crippen LogP contribution < -0.4 is 10.1 Å². The molecule has 2 aliphatic heterocycles. The van der Waals surface area contributed by atoms with Crippen molar-refractivity contribution in [2.24, 2.45) is 11.8 Å². The van der Waals surface area contributed by atoms with Gasteiger partial charge in [0.25, 0.3) is 0 Å². The number of benzene rings is 2. The highest BCUT2D eigenvalue weighted by atomic mass is 32.2. The van der Waals surface area contributed by atoms with Crippen molar-refractivity contribution in [3.63, 3.8) is 0 Å². The SMILES string of the molecule is CC1CC(C)CN(S(=O)(=O)c2ccc(NC(=O)C3CCOc4ccccc43)cc2)C1. The summed E-state index contributed by atoms with van der Waals surface area (Å²) in [6.07, 6.45) is 1.66. The highest BCUT2D eigenvalue weighted by molar-refractivity contribution is 7.89. The van der Waals surface area contributed by atoms with Gasteiger partial charge < -0.3 is 10.1 Å². The predicted octanol–water partition coefficient (Wildman–Crippen LogP) is 3.86. The number of anilines is 1. The van der Waals surface area contributed by atoms with Gasteiger partial charge in [0.2, 0.25) is 15.9 Å². The van der Waals surface area contributed by atoms with Gasteiger partial charge in [-0.15, -0.1) is 0 Å². The molecular formula is C23H28N2O4S. The lowest BCUT2D eigenvalue weighted by Gasteiger charge is -2.34. The minimum absolute atomic E-state index is 0.111. The van der Waals surface area contributed by atoms with Crippen molar-refractivity contribution in [3.05, 3.63) is 54.1 Å². The van der Waals surface area contributed by atoms with Crippen LogP contribution in [0, 0.1) is 11.8 Å². The van der Waals surface area contributed by atoms with E-state index < -0.39 is 10.0 Å². The number of carbonyl (C=O) groups is 1. The van der Waals surface area contributed by atoms with Crippen molar-refractivity contribution < 1.29 is 17.9 Å². The number of nitrogens with one attached hydrogen (secondary N) is 1. The molecule has 0 radical (unpaired) electrons. The molecule has 2 aliphatic rings. The van der Waals surface area contributed by atoms with E-state index in [4.69, 9.17) is 4.74 Å². The van der Waals surface area contributed by atoms with E-state index in [0.29, 0.717) is 43.6 Å². The summed E-state index contributed by atoms with van der Waals surface area (Å²) in [5.41, 5.74) is 1.47. The Morgan fingerprint density at radius 1 is 1.03 bits per heavy atom. The summed E-state index contributed by atoms with van der Waals surface area (Å²) in [6, 6.07) is 14.0. The van der Waals surface area contributed by atoms with Crippen LogP contribution in [0.2, 0.25) is 0 Å². The zero-order chi connectivity index (χ0) is 21.3. The molecule has 0 aromatic heterocycles. The number of para-hydroxylation sites is 1. The van der Waals surface area contributed by atoms with Crippen LogP contribution in [0.3, 0.4) is 0 Å². The van der Waals surface area contributed by atoms with Crippen molar-refractivity contribution >= 4 is 21.6 Å². The second-order valence-corrected chi connectivity index (χ2v) is 10.4. The number of hydrogen-bond acceptors (Lipinski definition) is 4. The number of hydrogen-bond donors (Lipinski definition) is 1. The Kier molecular flexibility index (Phi) is 5.84. The molecule has 2 aromatic rings. The summed E-state index contributed by atoms with van der Waals surface area (Å²) in [6.45, 7) is 5.78. The monoisotopic (exact) mass is 428 g/mol. The molecule has 1 amide bonds. The molecule has 6 nitrogen and oxygen atoms in total. The van der Waals surface area contributed by atoms with Gasteiger partial charge >= 0.3 is 0 Å². The topological polar surface area (TPSA) is 75.7 Å². The third-order valence-corrected chi connectivity index (χ3v) is 7.72. The number of carbonyl (C=O) groups excluding carboxylic acids is 1. The minimum atomic E-state index is -3.53. The minimum Gasteiger partial charge on any atom is -0.493 e. The molecule has 30 heavy (non-hydrogen) atoms. The average Bonchev–Trinajstić information content (AvgIpc) is 2.73. The largest absolute Gasteiger partial charge is 0.493 e. The number of ether oxygens (including phenoxy) is 1. The van der Waals surface area contributed by atoms with Crippen molar-refractivity contribution in [1.29, 1.82) is 0 Å². The van der Waals surface area contributed by atoms with E-state index in [0.717, 1.165) is 17.7 Å². The van der Waals surface area contributed by atoms with E-state index in [1.54, 1.807) is 28.6 Å². The standard InChI is InChI=1S/C23H28N2O4S/c1-16-13-17(2)15-25(14-16)30(27,28)19-9-7-18(8-10-19)24-23(26)21-11-12-29-22-6-4-3-5-20(21)22/h3-10,16-17,21H,11-15H2,1-2H3,(H,24,26). The fraction of sp³-hybridized carbons (Fsp3) is 0.435. The first-order chi connectivity index (χ1) is 14.3. The van der Waals surface area contributed by atoms with Crippen LogP contribution in [0.25, 0.3) is 0 Å². The first kappa shape index (κ1) is 20.9.